The first-order valence-corrected chi connectivity index (χ1v) is 15.5. The molecule has 2 saturated heterocycles. The van der Waals surface area contributed by atoms with Gasteiger partial charge in [0.15, 0.2) is 23.6 Å². The Morgan fingerprint density at radius 2 is 1.85 bits per heavy atom. The molecule has 47 heavy (non-hydrogen) atoms. The lowest BCUT2D eigenvalue weighted by atomic mass is 9.63. The smallest absolute Gasteiger partial charge is 0.207 e. The van der Waals surface area contributed by atoms with Gasteiger partial charge in [0.05, 0.1) is 49.7 Å². The predicted molar refractivity (Wildman–Crippen MR) is 158 cm³/mol. The van der Waals surface area contributed by atoms with E-state index in [-0.39, 0.29) is 54.1 Å². The summed E-state index contributed by atoms with van der Waals surface area (Å²) < 4.78 is 27.4. The van der Waals surface area contributed by atoms with Gasteiger partial charge in [-0.2, -0.15) is 0 Å². The minimum Gasteiger partial charge on any atom is -0.632 e. The molecule has 0 bridgehead atoms. The van der Waals surface area contributed by atoms with Crippen LogP contribution in [0.2, 0.25) is 0 Å². The number of quaternary nitrogens is 1. The van der Waals surface area contributed by atoms with Crippen molar-refractivity contribution < 1.29 is 68.2 Å². The maximum Gasteiger partial charge on any atom is 0.207 e. The summed E-state index contributed by atoms with van der Waals surface area (Å²) in [5, 5.41) is 69.6. The Morgan fingerprint density at radius 3 is 2.53 bits per heavy atom. The van der Waals surface area contributed by atoms with Crippen LogP contribution < -0.4 is 4.74 Å². The summed E-state index contributed by atoms with van der Waals surface area (Å²) >= 11 is 0. The van der Waals surface area contributed by atoms with Crippen molar-refractivity contribution in [3.8, 4) is 5.75 Å². The molecule has 5 N–H and O–H groups in total. The number of aliphatic hydroxyl groups is 5. The van der Waals surface area contributed by atoms with Crippen LogP contribution in [0.1, 0.15) is 46.9 Å². The van der Waals surface area contributed by atoms with E-state index in [1.165, 1.54) is 32.4 Å². The average molecular weight is 662 g/mol. The number of aliphatic hydroxyl groups excluding tert-OH is 4. The number of fused-ring (bicyclic) bond motifs is 3. The Morgan fingerprint density at radius 1 is 1.13 bits per heavy atom. The molecule has 1 aromatic rings. The van der Waals surface area contributed by atoms with Crippen molar-refractivity contribution in [3.63, 3.8) is 0 Å². The lowest BCUT2D eigenvalue weighted by molar-refractivity contribution is -0.926. The van der Waals surface area contributed by atoms with E-state index in [1.54, 1.807) is 6.92 Å². The number of hydrogen-bond donors (Lipinski definition) is 5. The molecule has 5 aliphatic rings. The first kappa shape index (κ1) is 33.6. The van der Waals surface area contributed by atoms with Crippen molar-refractivity contribution in [2.24, 2.45) is 11.8 Å². The van der Waals surface area contributed by atoms with E-state index < -0.39 is 107 Å². The van der Waals surface area contributed by atoms with Gasteiger partial charge in [-0.1, -0.05) is 12.1 Å². The molecule has 0 spiro atoms. The topological polar surface area (TPSA) is 222 Å². The van der Waals surface area contributed by atoms with Gasteiger partial charge < -0.3 is 59.1 Å². The molecule has 1 saturated carbocycles. The van der Waals surface area contributed by atoms with E-state index in [4.69, 9.17) is 23.7 Å². The minimum absolute atomic E-state index is 0.0199. The SMILES string of the molecule is COc1cccc2c1C(=O)C1C(O)=C3C(=C(O)C1C2=O)C[C@@](O)(C(=O)CO)C[C@@H]3O[C@H]1C[C@H]([N+]2([O-])CCO[C@H](OC)C2)[C@H](O)[C@H](C)O1. The second kappa shape index (κ2) is 12.3. The maximum atomic E-state index is 14.0. The van der Waals surface area contributed by atoms with Gasteiger partial charge in [0.1, 0.15) is 54.7 Å². The fraction of sp³-hybridized carbons (Fsp3) is 0.594. The summed E-state index contributed by atoms with van der Waals surface area (Å²) in [6.45, 7) is 0.497. The normalized spacial score (nSPS) is 38.9. The van der Waals surface area contributed by atoms with Crippen LogP contribution in [0.5, 0.6) is 5.75 Å². The average Bonchev–Trinajstić information content (AvgIpc) is 3.05. The molecule has 10 atom stereocenters. The zero-order valence-corrected chi connectivity index (χ0v) is 26.2. The third-order valence-electron chi connectivity index (χ3n) is 10.2. The molecular weight excluding hydrogens is 622 g/mol. The third kappa shape index (κ3) is 5.39. The zero-order chi connectivity index (χ0) is 34.0. The molecule has 0 radical (unpaired) electrons. The third-order valence-corrected chi connectivity index (χ3v) is 10.2. The van der Waals surface area contributed by atoms with Gasteiger partial charge in [-0.15, -0.1) is 0 Å². The molecular formula is C32H39NO14. The Labute approximate surface area is 269 Å². The lowest BCUT2D eigenvalue weighted by Crippen LogP contribution is -2.67. The first-order valence-electron chi connectivity index (χ1n) is 15.5. The second-order valence-electron chi connectivity index (χ2n) is 12.8. The number of methoxy groups -OCH3 is 2. The van der Waals surface area contributed by atoms with Crippen LogP contribution in [0.4, 0.5) is 0 Å². The second-order valence-corrected chi connectivity index (χ2v) is 12.8. The number of hydroxylamine groups is 3. The Balaban J connectivity index is 1.40. The number of carbonyl (C=O) groups is 3. The largest absolute Gasteiger partial charge is 0.632 e. The quantitative estimate of drug-likeness (QED) is 0.200. The van der Waals surface area contributed by atoms with Crippen molar-refractivity contribution in [3.05, 3.63) is 57.2 Å². The van der Waals surface area contributed by atoms with E-state index in [0.29, 0.717) is 0 Å². The monoisotopic (exact) mass is 661 g/mol. The number of morpholine rings is 1. The van der Waals surface area contributed by atoms with Crippen LogP contribution in [0.15, 0.2) is 40.9 Å². The number of allylic oxidation sites excluding steroid dienone is 2. The molecule has 2 heterocycles. The highest BCUT2D eigenvalue weighted by molar-refractivity contribution is 6.19. The Kier molecular flexibility index (Phi) is 8.82. The van der Waals surface area contributed by atoms with Gasteiger partial charge in [0.2, 0.25) is 6.29 Å². The zero-order valence-electron chi connectivity index (χ0n) is 26.2. The number of ketones is 3. The van der Waals surface area contributed by atoms with Gasteiger partial charge in [-0.3, -0.25) is 14.4 Å². The van der Waals surface area contributed by atoms with Gasteiger partial charge >= 0.3 is 0 Å². The molecule has 1 aromatic carbocycles. The summed E-state index contributed by atoms with van der Waals surface area (Å²) in [5.74, 6) is -6.59. The molecule has 256 valence electrons. The van der Waals surface area contributed by atoms with Crippen molar-refractivity contribution in [2.45, 2.75) is 68.7 Å². The number of ether oxygens (including phenoxy) is 5. The van der Waals surface area contributed by atoms with Crippen LogP contribution in [0.3, 0.4) is 0 Å². The molecule has 6 rings (SSSR count). The van der Waals surface area contributed by atoms with Crippen LogP contribution in [-0.2, 0) is 23.7 Å². The number of hydrogen-bond acceptors (Lipinski definition) is 14. The molecule has 2 aliphatic heterocycles. The van der Waals surface area contributed by atoms with Crippen molar-refractivity contribution in [1.29, 1.82) is 0 Å². The van der Waals surface area contributed by atoms with Crippen molar-refractivity contribution in [1.82, 2.24) is 0 Å². The number of nitrogens with zero attached hydrogens (tertiary/aromatic N) is 1. The molecule has 3 unspecified atom stereocenters. The van der Waals surface area contributed by atoms with E-state index in [9.17, 15) is 45.1 Å². The minimum atomic E-state index is -2.30. The Hall–Kier alpha value is -3.25. The molecule has 15 nitrogen and oxygen atoms in total. The van der Waals surface area contributed by atoms with Gasteiger partial charge in [-0.05, 0) is 13.0 Å². The van der Waals surface area contributed by atoms with E-state index in [0.717, 1.165) is 0 Å². The number of Topliss-reactive ketones (excluding diaryl/α,β-unsaturated/α-hetero) is 3. The van der Waals surface area contributed by atoms with Crippen LogP contribution >= 0.6 is 0 Å². The molecule has 3 aliphatic carbocycles. The number of benzene rings is 1. The van der Waals surface area contributed by atoms with Crippen molar-refractivity contribution in [2.75, 3.05) is 40.5 Å². The fourth-order valence-corrected chi connectivity index (χ4v) is 7.74. The summed E-state index contributed by atoms with van der Waals surface area (Å²) in [6.07, 6.45) is -6.82. The predicted octanol–water partition coefficient (Wildman–Crippen LogP) is 0.598. The molecule has 15 heteroatoms. The summed E-state index contributed by atoms with van der Waals surface area (Å²) in [4.78, 5) is 40.5. The van der Waals surface area contributed by atoms with E-state index >= 15 is 0 Å². The maximum absolute atomic E-state index is 14.0. The fourth-order valence-electron chi connectivity index (χ4n) is 7.74. The summed E-state index contributed by atoms with van der Waals surface area (Å²) in [7, 11) is 2.73. The van der Waals surface area contributed by atoms with Gasteiger partial charge in [0, 0.05) is 36.7 Å². The van der Waals surface area contributed by atoms with Crippen molar-refractivity contribution >= 4 is 17.3 Å². The van der Waals surface area contributed by atoms with E-state index in [2.05, 4.69) is 0 Å². The number of carbonyl (C=O) groups excluding carboxylic acids is 3. The highest BCUT2D eigenvalue weighted by Gasteiger charge is 2.57. The number of rotatable bonds is 7. The lowest BCUT2D eigenvalue weighted by Gasteiger charge is -2.56. The highest BCUT2D eigenvalue weighted by atomic mass is 16.7. The first-order chi connectivity index (χ1) is 22.3. The molecule has 0 amide bonds. The van der Waals surface area contributed by atoms with E-state index in [1.807, 2.05) is 0 Å². The van der Waals surface area contributed by atoms with Crippen LogP contribution in [0, 0.1) is 17.0 Å². The van der Waals surface area contributed by atoms with Crippen LogP contribution in [0.25, 0.3) is 0 Å². The highest BCUT2D eigenvalue weighted by Crippen LogP contribution is 2.52. The van der Waals surface area contributed by atoms with Gasteiger partial charge in [0.25, 0.3) is 0 Å². The molecule has 0 aromatic heterocycles. The van der Waals surface area contributed by atoms with Gasteiger partial charge in [-0.25, -0.2) is 0 Å². The standard InChI is InChI=1S/C32H39NO14/c1-14-27(36)17(33(42)7-8-45-22(12-33)44-3)9-21(46-14)47-19-11-32(41,20(35)13-34)10-16-24(19)31(40)26-25(29(16)38)28(37)15-5-4-6-18(43-2)23(15)30(26)39/h4-6,14,17,19,21-22,25-27,34,36,38,40-41H,7-13H2,1-3H3/t14-,17-,19-,21-,22-,25?,26?,27+,32-,33?/m0/s1. The summed E-state index contributed by atoms with van der Waals surface area (Å²) in [5.41, 5.74) is -2.68. The van der Waals surface area contributed by atoms with Crippen LogP contribution in [-0.4, -0.2) is 131 Å². The summed E-state index contributed by atoms with van der Waals surface area (Å²) in [6, 6.07) is 3.44. The molecule has 3 fully saturated rings. The Bertz CT molecular complexity index is 1540.